The summed E-state index contributed by atoms with van der Waals surface area (Å²) in [6.07, 6.45) is 3.24. The molecule has 2 heterocycles. The van der Waals surface area contributed by atoms with Crippen LogP contribution in [0.4, 0.5) is 4.39 Å². The maximum atomic E-state index is 13.4. The summed E-state index contributed by atoms with van der Waals surface area (Å²) in [7, 11) is 0. The first-order valence-corrected chi connectivity index (χ1v) is 10.2. The highest BCUT2D eigenvalue weighted by atomic mass is 19.1. The Labute approximate surface area is 189 Å². The number of nitrogens with zero attached hydrogens (tertiary/aromatic N) is 2. The summed E-state index contributed by atoms with van der Waals surface area (Å²) in [6, 6.07) is 17.1. The maximum absolute atomic E-state index is 13.4. The van der Waals surface area contributed by atoms with Crippen molar-refractivity contribution in [1.82, 2.24) is 15.5 Å². The van der Waals surface area contributed by atoms with E-state index in [-0.39, 0.29) is 23.9 Å². The number of rotatable bonds is 8. The summed E-state index contributed by atoms with van der Waals surface area (Å²) in [5.74, 6) is 0.0604. The minimum absolute atomic E-state index is 0.0295. The molecule has 1 N–H and O–H groups in total. The van der Waals surface area contributed by atoms with Crippen LogP contribution >= 0.6 is 0 Å². The van der Waals surface area contributed by atoms with Crippen LogP contribution in [0.1, 0.15) is 50.7 Å². The molecule has 1 atom stereocenters. The van der Waals surface area contributed by atoms with Crippen LogP contribution in [0.5, 0.6) is 5.75 Å². The van der Waals surface area contributed by atoms with E-state index in [9.17, 15) is 14.0 Å². The third-order valence-electron chi connectivity index (χ3n) is 4.95. The predicted molar refractivity (Wildman–Crippen MR) is 117 cm³/mol. The summed E-state index contributed by atoms with van der Waals surface area (Å²) in [5.41, 5.74) is 2.16. The van der Waals surface area contributed by atoms with E-state index in [2.05, 4.69) is 15.5 Å². The van der Waals surface area contributed by atoms with E-state index in [0.717, 1.165) is 5.56 Å². The normalized spacial score (nSPS) is 11.6. The van der Waals surface area contributed by atoms with Gasteiger partial charge in [0.25, 0.3) is 5.91 Å². The molecule has 0 saturated carbocycles. The highest BCUT2D eigenvalue weighted by Gasteiger charge is 2.20. The number of hydrogen-bond acceptors (Lipinski definition) is 6. The van der Waals surface area contributed by atoms with E-state index >= 15 is 0 Å². The van der Waals surface area contributed by atoms with E-state index in [1.807, 2.05) is 0 Å². The van der Waals surface area contributed by atoms with Crippen molar-refractivity contribution < 1.29 is 23.2 Å². The van der Waals surface area contributed by atoms with Crippen molar-refractivity contribution in [3.05, 3.63) is 113 Å². The van der Waals surface area contributed by atoms with Crippen molar-refractivity contribution in [3.63, 3.8) is 0 Å². The van der Waals surface area contributed by atoms with Crippen molar-refractivity contribution in [2.75, 3.05) is 0 Å². The smallest absolute Gasteiger partial charge is 0.274 e. The molecule has 4 aromatic rings. The summed E-state index contributed by atoms with van der Waals surface area (Å²) in [4.78, 5) is 28.2. The van der Waals surface area contributed by atoms with Gasteiger partial charge in [-0.25, -0.2) is 4.39 Å². The summed E-state index contributed by atoms with van der Waals surface area (Å²) in [5, 5.41) is 6.74. The fourth-order valence-electron chi connectivity index (χ4n) is 3.20. The molecule has 0 spiro atoms. The van der Waals surface area contributed by atoms with Crippen LogP contribution < -0.4 is 10.1 Å². The van der Waals surface area contributed by atoms with Crippen LogP contribution in [0.15, 0.2) is 83.6 Å². The standard InChI is InChI=1S/C25H20FN3O4/c1-16(30)17-4-8-21(9-5-17)32-15-22-14-23(29-33-22)25(31)28-24(19-10-12-27-13-11-19)18-2-6-20(26)7-3-18/h2-14,24H,15H2,1H3,(H,28,31). The van der Waals surface area contributed by atoms with Gasteiger partial charge in [0.1, 0.15) is 18.2 Å². The molecule has 8 heteroatoms. The van der Waals surface area contributed by atoms with Gasteiger partial charge in [-0.2, -0.15) is 0 Å². The Balaban J connectivity index is 1.44. The Morgan fingerprint density at radius 2 is 1.67 bits per heavy atom. The van der Waals surface area contributed by atoms with Crippen LogP contribution in [0, 0.1) is 5.82 Å². The van der Waals surface area contributed by atoms with Gasteiger partial charge in [-0.15, -0.1) is 0 Å². The van der Waals surface area contributed by atoms with Crippen LogP contribution in [0.2, 0.25) is 0 Å². The Kier molecular flexibility index (Phi) is 6.54. The second kappa shape index (κ2) is 9.86. The molecule has 33 heavy (non-hydrogen) atoms. The number of carbonyl (C=O) groups excluding carboxylic acids is 2. The average molecular weight is 445 g/mol. The Bertz CT molecular complexity index is 1240. The van der Waals surface area contributed by atoms with E-state index in [1.54, 1.807) is 60.9 Å². The van der Waals surface area contributed by atoms with E-state index in [0.29, 0.717) is 22.6 Å². The molecule has 0 aliphatic carbocycles. The number of nitrogens with one attached hydrogen (secondary N) is 1. The van der Waals surface area contributed by atoms with Crippen LogP contribution in [0.3, 0.4) is 0 Å². The lowest BCUT2D eigenvalue weighted by Gasteiger charge is -2.19. The molecule has 1 unspecified atom stereocenters. The second-order valence-corrected chi connectivity index (χ2v) is 7.29. The molecule has 4 rings (SSSR count). The van der Waals surface area contributed by atoms with Crippen LogP contribution in [-0.4, -0.2) is 21.8 Å². The van der Waals surface area contributed by atoms with Crippen molar-refractivity contribution in [3.8, 4) is 5.75 Å². The van der Waals surface area contributed by atoms with Gasteiger partial charge in [-0.05, 0) is 66.6 Å². The van der Waals surface area contributed by atoms with Gasteiger partial charge in [0.15, 0.2) is 17.2 Å². The summed E-state index contributed by atoms with van der Waals surface area (Å²) < 4.78 is 24.2. The van der Waals surface area contributed by atoms with Gasteiger partial charge in [0.2, 0.25) is 0 Å². The SMILES string of the molecule is CC(=O)c1ccc(OCc2cc(C(=O)NC(c3ccncc3)c3ccc(F)cc3)no2)cc1. The lowest BCUT2D eigenvalue weighted by Crippen LogP contribution is -2.29. The number of aromatic nitrogens is 2. The fourth-order valence-corrected chi connectivity index (χ4v) is 3.20. The van der Waals surface area contributed by atoms with E-state index in [1.165, 1.54) is 25.1 Å². The van der Waals surface area contributed by atoms with Gasteiger partial charge in [0.05, 0.1) is 6.04 Å². The lowest BCUT2D eigenvalue weighted by atomic mass is 9.99. The number of carbonyl (C=O) groups is 2. The molecule has 0 aliphatic heterocycles. The Morgan fingerprint density at radius 3 is 2.33 bits per heavy atom. The summed E-state index contributed by atoms with van der Waals surface area (Å²) in [6.45, 7) is 1.55. The van der Waals surface area contributed by atoms with Gasteiger partial charge in [0, 0.05) is 24.0 Å². The number of Topliss-reactive ketones (excluding diaryl/α,β-unsaturated/α-hetero) is 1. The number of pyridine rings is 1. The first-order valence-electron chi connectivity index (χ1n) is 10.2. The van der Waals surface area contributed by atoms with Gasteiger partial charge in [-0.1, -0.05) is 17.3 Å². The van der Waals surface area contributed by atoms with Crippen molar-refractivity contribution in [2.24, 2.45) is 0 Å². The van der Waals surface area contributed by atoms with Crippen LogP contribution in [0.25, 0.3) is 0 Å². The molecule has 0 radical (unpaired) electrons. The van der Waals surface area contributed by atoms with E-state index < -0.39 is 11.9 Å². The molecule has 2 aromatic heterocycles. The highest BCUT2D eigenvalue weighted by molar-refractivity contribution is 5.94. The fraction of sp³-hybridized carbons (Fsp3) is 0.120. The molecule has 0 saturated heterocycles. The van der Waals surface area contributed by atoms with Gasteiger partial charge in [-0.3, -0.25) is 14.6 Å². The zero-order chi connectivity index (χ0) is 23.2. The largest absolute Gasteiger partial charge is 0.486 e. The predicted octanol–water partition coefficient (Wildman–Crippen LogP) is 4.51. The molecule has 7 nitrogen and oxygen atoms in total. The number of benzene rings is 2. The first-order chi connectivity index (χ1) is 16.0. The number of amides is 1. The molecule has 1 amide bonds. The third-order valence-corrected chi connectivity index (χ3v) is 4.95. The average Bonchev–Trinajstić information content (AvgIpc) is 3.32. The number of hydrogen-bond donors (Lipinski definition) is 1. The quantitative estimate of drug-likeness (QED) is 0.401. The zero-order valence-electron chi connectivity index (χ0n) is 17.7. The van der Waals surface area contributed by atoms with Crippen molar-refractivity contribution >= 4 is 11.7 Å². The van der Waals surface area contributed by atoms with Crippen LogP contribution in [-0.2, 0) is 6.61 Å². The minimum atomic E-state index is -0.530. The number of ether oxygens (including phenoxy) is 1. The maximum Gasteiger partial charge on any atom is 0.274 e. The van der Waals surface area contributed by atoms with Crippen molar-refractivity contribution in [2.45, 2.75) is 19.6 Å². The highest BCUT2D eigenvalue weighted by Crippen LogP contribution is 2.23. The molecule has 2 aromatic carbocycles. The molecule has 166 valence electrons. The Hall–Kier alpha value is -4.33. The second-order valence-electron chi connectivity index (χ2n) is 7.29. The zero-order valence-corrected chi connectivity index (χ0v) is 17.7. The first kappa shape index (κ1) is 21.9. The van der Waals surface area contributed by atoms with Gasteiger partial charge >= 0.3 is 0 Å². The molecule has 0 bridgehead atoms. The molecule has 0 aliphatic rings. The number of halogens is 1. The third kappa shape index (κ3) is 5.48. The number of ketones is 1. The molecular weight excluding hydrogens is 425 g/mol. The lowest BCUT2D eigenvalue weighted by molar-refractivity contribution is 0.0932. The minimum Gasteiger partial charge on any atom is -0.486 e. The van der Waals surface area contributed by atoms with Gasteiger partial charge < -0.3 is 14.6 Å². The molecule has 0 fully saturated rings. The monoisotopic (exact) mass is 445 g/mol. The summed E-state index contributed by atoms with van der Waals surface area (Å²) >= 11 is 0. The van der Waals surface area contributed by atoms with E-state index in [4.69, 9.17) is 9.26 Å². The topological polar surface area (TPSA) is 94.3 Å². The van der Waals surface area contributed by atoms with Crippen molar-refractivity contribution in [1.29, 1.82) is 0 Å². The molecular formula is C25H20FN3O4. The Morgan fingerprint density at radius 1 is 1.00 bits per heavy atom.